The molecular weight excluding hydrogens is 230 g/mol. The second-order valence-electron chi connectivity index (χ2n) is 3.06. The average molecular weight is 241 g/mol. The van der Waals surface area contributed by atoms with Gasteiger partial charge in [-0.2, -0.15) is 4.98 Å². The molecule has 0 radical (unpaired) electrons. The van der Waals surface area contributed by atoms with Crippen LogP contribution in [0.3, 0.4) is 0 Å². The molecule has 1 aromatic heterocycles. The Morgan fingerprint density at radius 3 is 2.71 bits per heavy atom. The van der Waals surface area contributed by atoms with Crippen molar-refractivity contribution in [1.82, 2.24) is 9.55 Å². The van der Waals surface area contributed by atoms with Gasteiger partial charge in [-0.15, -0.1) is 0 Å². The molecule has 0 aromatic carbocycles. The van der Waals surface area contributed by atoms with Gasteiger partial charge in [0.05, 0.1) is 6.61 Å². The summed E-state index contributed by atoms with van der Waals surface area (Å²) in [4.78, 5) is 36.0. The van der Waals surface area contributed by atoms with Gasteiger partial charge in [-0.25, -0.2) is 4.79 Å². The molecule has 8 heteroatoms. The minimum absolute atomic E-state index is 0.00462. The maximum Gasteiger partial charge on any atom is 0.351 e. The number of rotatable bonds is 6. The van der Waals surface area contributed by atoms with Crippen LogP contribution in [0.5, 0.6) is 0 Å². The Labute approximate surface area is 95.6 Å². The molecule has 0 saturated heterocycles. The van der Waals surface area contributed by atoms with E-state index in [-0.39, 0.29) is 5.82 Å². The van der Waals surface area contributed by atoms with Crippen LogP contribution in [0.1, 0.15) is 6.23 Å². The molecule has 0 aliphatic carbocycles. The van der Waals surface area contributed by atoms with Gasteiger partial charge in [-0.05, 0) is 6.07 Å². The summed E-state index contributed by atoms with van der Waals surface area (Å²) in [7, 11) is 0. The van der Waals surface area contributed by atoms with Gasteiger partial charge in [0, 0.05) is 6.20 Å². The van der Waals surface area contributed by atoms with Gasteiger partial charge in [0.25, 0.3) is 0 Å². The Morgan fingerprint density at radius 1 is 1.53 bits per heavy atom. The quantitative estimate of drug-likeness (QED) is 0.557. The highest BCUT2D eigenvalue weighted by molar-refractivity contribution is 5.58. The molecule has 17 heavy (non-hydrogen) atoms. The van der Waals surface area contributed by atoms with E-state index in [1.54, 1.807) is 0 Å². The predicted molar refractivity (Wildman–Crippen MR) is 56.0 cm³/mol. The van der Waals surface area contributed by atoms with Gasteiger partial charge in [0.15, 0.2) is 18.8 Å². The molecule has 0 bridgehead atoms. The standard InChI is InChI=1S/C9H11N3O5/c10-7-1-2-12(9(16)11-7)8(5-15)17-6(3-13)4-14/h1-3,5-6,8,14H,4H2,(H2,10,11,16). The smallest absolute Gasteiger partial charge is 0.351 e. The largest absolute Gasteiger partial charge is 0.393 e. The SMILES string of the molecule is Nc1ccn(C(C=O)OC(C=O)CO)c(=O)n1. The lowest BCUT2D eigenvalue weighted by Crippen LogP contribution is -2.33. The fourth-order valence-corrected chi connectivity index (χ4v) is 1.08. The van der Waals surface area contributed by atoms with E-state index in [0.29, 0.717) is 12.6 Å². The van der Waals surface area contributed by atoms with Crippen molar-refractivity contribution >= 4 is 18.4 Å². The van der Waals surface area contributed by atoms with Gasteiger partial charge in [0.1, 0.15) is 11.9 Å². The van der Waals surface area contributed by atoms with E-state index in [2.05, 4.69) is 4.98 Å². The molecule has 92 valence electrons. The Kier molecular flexibility index (Phi) is 4.49. The van der Waals surface area contributed by atoms with Crippen LogP contribution in [0, 0.1) is 0 Å². The molecule has 1 aromatic rings. The van der Waals surface area contributed by atoms with Crippen LogP contribution < -0.4 is 11.4 Å². The van der Waals surface area contributed by atoms with E-state index in [4.69, 9.17) is 15.6 Å². The minimum Gasteiger partial charge on any atom is -0.393 e. The fourth-order valence-electron chi connectivity index (χ4n) is 1.08. The highest BCUT2D eigenvalue weighted by Gasteiger charge is 2.17. The molecule has 0 saturated carbocycles. The van der Waals surface area contributed by atoms with Crippen molar-refractivity contribution in [3.63, 3.8) is 0 Å². The van der Waals surface area contributed by atoms with E-state index in [0.717, 1.165) is 4.57 Å². The fraction of sp³-hybridized carbons (Fsp3) is 0.333. The van der Waals surface area contributed by atoms with Gasteiger partial charge >= 0.3 is 5.69 Å². The first-order valence-electron chi connectivity index (χ1n) is 4.64. The lowest BCUT2D eigenvalue weighted by atomic mass is 10.4. The van der Waals surface area contributed by atoms with Crippen molar-refractivity contribution < 1.29 is 19.4 Å². The third kappa shape index (κ3) is 3.20. The first-order chi connectivity index (χ1) is 8.12. The van der Waals surface area contributed by atoms with Gasteiger partial charge < -0.3 is 20.4 Å². The lowest BCUT2D eigenvalue weighted by molar-refractivity contribution is -0.140. The molecule has 8 nitrogen and oxygen atoms in total. The number of hydrogen-bond acceptors (Lipinski definition) is 7. The summed E-state index contributed by atoms with van der Waals surface area (Å²) in [5.41, 5.74) is 4.49. The monoisotopic (exact) mass is 241 g/mol. The second-order valence-corrected chi connectivity index (χ2v) is 3.06. The number of aliphatic hydroxyl groups is 1. The molecule has 0 aliphatic rings. The van der Waals surface area contributed by atoms with E-state index in [1.807, 2.05) is 0 Å². The van der Waals surface area contributed by atoms with Crippen molar-refractivity contribution in [2.45, 2.75) is 12.3 Å². The van der Waals surface area contributed by atoms with Crippen LogP contribution in [-0.4, -0.2) is 39.9 Å². The Balaban J connectivity index is 2.97. The predicted octanol–water partition coefficient (Wildman–Crippen LogP) is -1.90. The van der Waals surface area contributed by atoms with E-state index < -0.39 is 24.6 Å². The van der Waals surface area contributed by atoms with E-state index in [9.17, 15) is 14.4 Å². The van der Waals surface area contributed by atoms with Crippen molar-refractivity contribution in [2.24, 2.45) is 0 Å². The van der Waals surface area contributed by atoms with Crippen molar-refractivity contribution in [1.29, 1.82) is 0 Å². The summed E-state index contributed by atoms with van der Waals surface area (Å²) < 4.78 is 5.76. The van der Waals surface area contributed by atoms with Crippen LogP contribution in [0.25, 0.3) is 0 Å². The third-order valence-electron chi connectivity index (χ3n) is 1.89. The number of nitrogens with zero attached hydrogens (tertiary/aromatic N) is 2. The highest BCUT2D eigenvalue weighted by atomic mass is 16.5. The highest BCUT2D eigenvalue weighted by Crippen LogP contribution is 2.05. The van der Waals surface area contributed by atoms with Gasteiger partial charge in [-0.3, -0.25) is 9.36 Å². The Morgan fingerprint density at radius 2 is 2.24 bits per heavy atom. The summed E-state index contributed by atoms with van der Waals surface area (Å²) in [5.74, 6) is 0.00462. The molecule has 2 unspecified atom stereocenters. The Bertz CT molecular complexity index is 458. The molecule has 1 rings (SSSR count). The number of nitrogens with two attached hydrogens (primary N) is 1. The number of carbonyl (C=O) groups excluding carboxylic acids is 2. The van der Waals surface area contributed by atoms with Crippen molar-refractivity contribution in [2.75, 3.05) is 12.3 Å². The first-order valence-corrected chi connectivity index (χ1v) is 4.64. The molecule has 0 spiro atoms. The number of nitrogen functional groups attached to an aromatic ring is 1. The van der Waals surface area contributed by atoms with Crippen LogP contribution >= 0.6 is 0 Å². The zero-order valence-electron chi connectivity index (χ0n) is 8.72. The molecule has 0 amide bonds. The molecule has 0 fully saturated rings. The minimum atomic E-state index is -1.34. The van der Waals surface area contributed by atoms with Crippen molar-refractivity contribution in [3.8, 4) is 0 Å². The summed E-state index contributed by atoms with van der Waals surface area (Å²) in [6.07, 6.45) is -0.673. The normalized spacial score (nSPS) is 13.9. The molecule has 3 N–H and O–H groups in total. The first kappa shape index (κ1) is 13.0. The number of carbonyl (C=O) groups is 2. The number of hydrogen-bond donors (Lipinski definition) is 2. The maximum absolute atomic E-state index is 11.4. The molecule has 1 heterocycles. The molecular formula is C9H11N3O5. The van der Waals surface area contributed by atoms with Gasteiger partial charge in [0.2, 0.25) is 0 Å². The summed E-state index contributed by atoms with van der Waals surface area (Å²) in [6.45, 7) is -0.592. The van der Waals surface area contributed by atoms with Crippen LogP contribution in [-0.2, 0) is 14.3 Å². The summed E-state index contributed by atoms with van der Waals surface area (Å²) >= 11 is 0. The van der Waals surface area contributed by atoms with Crippen LogP contribution in [0.4, 0.5) is 5.82 Å². The van der Waals surface area contributed by atoms with Crippen LogP contribution in [0.15, 0.2) is 17.1 Å². The number of ether oxygens (including phenoxy) is 1. The van der Waals surface area contributed by atoms with Crippen molar-refractivity contribution in [3.05, 3.63) is 22.7 Å². The summed E-state index contributed by atoms with van der Waals surface area (Å²) in [6, 6.07) is 1.30. The third-order valence-corrected chi connectivity index (χ3v) is 1.89. The zero-order valence-corrected chi connectivity index (χ0v) is 8.72. The second kappa shape index (κ2) is 5.87. The van der Waals surface area contributed by atoms with Crippen LogP contribution in [0.2, 0.25) is 0 Å². The zero-order chi connectivity index (χ0) is 12.8. The number of aliphatic hydroxyl groups excluding tert-OH is 1. The van der Waals surface area contributed by atoms with Gasteiger partial charge in [-0.1, -0.05) is 0 Å². The number of aromatic nitrogens is 2. The topological polar surface area (TPSA) is 125 Å². The summed E-state index contributed by atoms with van der Waals surface area (Å²) in [5, 5.41) is 8.74. The van der Waals surface area contributed by atoms with E-state index >= 15 is 0 Å². The molecule has 0 aliphatic heterocycles. The number of anilines is 1. The lowest BCUT2D eigenvalue weighted by Gasteiger charge is -2.17. The average Bonchev–Trinajstić information content (AvgIpc) is 2.32. The molecule has 2 atom stereocenters. The van der Waals surface area contributed by atoms with E-state index in [1.165, 1.54) is 12.3 Å². The maximum atomic E-state index is 11.4. The Hall–Kier alpha value is -2.06. The number of aldehydes is 2.